The maximum absolute atomic E-state index is 12.5. The van der Waals surface area contributed by atoms with E-state index >= 15 is 0 Å². The number of ether oxygens (including phenoxy) is 2. The van der Waals surface area contributed by atoms with Crippen molar-refractivity contribution < 1.29 is 14.3 Å². The second-order valence-corrected chi connectivity index (χ2v) is 6.34. The number of amides is 1. The third-order valence-electron chi connectivity index (χ3n) is 4.65. The fraction of sp³-hybridized carbons (Fsp3) is 0.333. The first kappa shape index (κ1) is 18.0. The van der Waals surface area contributed by atoms with Gasteiger partial charge in [0.25, 0.3) is 0 Å². The number of hydrazone groups is 1. The van der Waals surface area contributed by atoms with Gasteiger partial charge in [-0.25, -0.2) is 5.01 Å². The van der Waals surface area contributed by atoms with Crippen LogP contribution >= 0.6 is 0 Å². The van der Waals surface area contributed by atoms with Gasteiger partial charge in [-0.15, -0.1) is 0 Å². The van der Waals surface area contributed by atoms with Gasteiger partial charge in [-0.05, 0) is 30.2 Å². The highest BCUT2D eigenvalue weighted by molar-refractivity contribution is 6.03. The highest BCUT2D eigenvalue weighted by Gasteiger charge is 2.32. The summed E-state index contributed by atoms with van der Waals surface area (Å²) in [4.78, 5) is 12.5. The molecule has 1 heterocycles. The van der Waals surface area contributed by atoms with Crippen molar-refractivity contribution >= 4 is 11.6 Å². The van der Waals surface area contributed by atoms with Crippen molar-refractivity contribution in [2.45, 2.75) is 32.7 Å². The van der Waals surface area contributed by atoms with Crippen LogP contribution in [0.1, 0.15) is 42.5 Å². The van der Waals surface area contributed by atoms with E-state index in [0.717, 1.165) is 16.8 Å². The van der Waals surface area contributed by atoms with Gasteiger partial charge in [0.05, 0.1) is 26.0 Å². The Labute approximate surface area is 154 Å². The molecular weight excluding hydrogens is 328 g/mol. The molecule has 0 unspecified atom stereocenters. The van der Waals surface area contributed by atoms with Gasteiger partial charge < -0.3 is 9.47 Å². The number of hydrogen-bond donors (Lipinski definition) is 0. The number of hydrogen-bond acceptors (Lipinski definition) is 4. The number of benzene rings is 2. The Balaban J connectivity index is 1.96. The van der Waals surface area contributed by atoms with Crippen LogP contribution in [0.15, 0.2) is 47.6 Å². The van der Waals surface area contributed by atoms with Gasteiger partial charge in [-0.1, -0.05) is 42.8 Å². The number of methoxy groups -OCH3 is 2. The van der Waals surface area contributed by atoms with Crippen molar-refractivity contribution in [3.8, 4) is 11.5 Å². The van der Waals surface area contributed by atoms with Crippen LogP contribution < -0.4 is 9.47 Å². The molecule has 2 aromatic rings. The first-order valence-electron chi connectivity index (χ1n) is 8.75. The van der Waals surface area contributed by atoms with E-state index in [1.54, 1.807) is 19.2 Å². The monoisotopic (exact) mass is 352 g/mol. The standard InChI is InChI=1S/C21H24N2O3/c1-5-21(24)23-18(16-10-11-19(25-3)20(12-16)26-4)13-17(22-23)15-8-6-14(2)7-9-15/h6-12,18H,5,13H2,1-4H3/t18-/m1/s1. The molecule has 1 atom stereocenters. The van der Waals surface area contributed by atoms with Crippen LogP contribution in [-0.4, -0.2) is 30.8 Å². The molecule has 5 nitrogen and oxygen atoms in total. The highest BCUT2D eigenvalue weighted by atomic mass is 16.5. The minimum absolute atomic E-state index is 0.00639. The topological polar surface area (TPSA) is 51.1 Å². The average Bonchev–Trinajstić information content (AvgIpc) is 3.12. The summed E-state index contributed by atoms with van der Waals surface area (Å²) in [7, 11) is 3.22. The Hall–Kier alpha value is -2.82. The molecule has 0 N–H and O–H groups in total. The lowest BCUT2D eigenvalue weighted by molar-refractivity contribution is -0.132. The van der Waals surface area contributed by atoms with E-state index < -0.39 is 0 Å². The van der Waals surface area contributed by atoms with Gasteiger partial charge in [0.1, 0.15) is 0 Å². The van der Waals surface area contributed by atoms with Gasteiger partial charge in [-0.2, -0.15) is 5.10 Å². The summed E-state index contributed by atoms with van der Waals surface area (Å²) in [6.45, 7) is 3.91. The van der Waals surface area contributed by atoms with Crippen molar-refractivity contribution in [2.24, 2.45) is 5.10 Å². The lowest BCUT2D eigenvalue weighted by atomic mass is 9.97. The zero-order valence-electron chi connectivity index (χ0n) is 15.7. The van der Waals surface area contributed by atoms with E-state index in [2.05, 4.69) is 36.3 Å². The van der Waals surface area contributed by atoms with E-state index in [1.165, 1.54) is 5.56 Å². The normalized spacial score (nSPS) is 16.4. The molecule has 1 amide bonds. The average molecular weight is 352 g/mol. The molecule has 0 spiro atoms. The summed E-state index contributed by atoms with van der Waals surface area (Å²) in [6, 6.07) is 13.9. The highest BCUT2D eigenvalue weighted by Crippen LogP contribution is 2.37. The Morgan fingerprint density at radius 3 is 2.42 bits per heavy atom. The predicted molar refractivity (Wildman–Crippen MR) is 102 cm³/mol. The van der Waals surface area contributed by atoms with Crippen molar-refractivity contribution in [2.75, 3.05) is 14.2 Å². The minimum Gasteiger partial charge on any atom is -0.493 e. The van der Waals surface area contributed by atoms with Gasteiger partial charge in [-0.3, -0.25) is 4.79 Å². The lowest BCUT2D eigenvalue weighted by Gasteiger charge is -2.22. The van der Waals surface area contributed by atoms with E-state index in [0.29, 0.717) is 24.3 Å². The zero-order valence-corrected chi connectivity index (χ0v) is 15.7. The molecule has 0 aromatic heterocycles. The second-order valence-electron chi connectivity index (χ2n) is 6.34. The number of carbonyl (C=O) groups is 1. The summed E-state index contributed by atoms with van der Waals surface area (Å²) in [5.74, 6) is 1.33. The maximum Gasteiger partial charge on any atom is 0.242 e. The summed E-state index contributed by atoms with van der Waals surface area (Å²) >= 11 is 0. The van der Waals surface area contributed by atoms with Crippen molar-refractivity contribution in [3.63, 3.8) is 0 Å². The molecule has 5 heteroatoms. The number of carbonyl (C=O) groups excluding carboxylic acids is 1. The van der Waals surface area contributed by atoms with Crippen LogP contribution in [0.25, 0.3) is 0 Å². The summed E-state index contributed by atoms with van der Waals surface area (Å²) in [5.41, 5.74) is 4.15. The van der Waals surface area contributed by atoms with E-state index in [1.807, 2.05) is 25.1 Å². The molecular formula is C21H24N2O3. The van der Waals surface area contributed by atoms with Gasteiger partial charge >= 0.3 is 0 Å². The molecule has 2 aromatic carbocycles. The third kappa shape index (κ3) is 3.43. The number of aryl methyl sites for hydroxylation is 1. The van der Waals surface area contributed by atoms with Crippen LogP contribution in [-0.2, 0) is 4.79 Å². The van der Waals surface area contributed by atoms with E-state index in [-0.39, 0.29) is 11.9 Å². The fourth-order valence-electron chi connectivity index (χ4n) is 3.14. The maximum atomic E-state index is 12.5. The predicted octanol–water partition coefficient (Wildman–Crippen LogP) is 4.10. The molecule has 0 saturated carbocycles. The SMILES string of the molecule is CCC(=O)N1N=C(c2ccc(C)cc2)C[C@@H]1c1ccc(OC)c(OC)c1. The van der Waals surface area contributed by atoms with E-state index in [9.17, 15) is 4.79 Å². The molecule has 136 valence electrons. The van der Waals surface area contributed by atoms with Crippen LogP contribution in [0.4, 0.5) is 0 Å². The minimum atomic E-state index is -0.140. The number of rotatable bonds is 5. The Bertz CT molecular complexity index is 828. The van der Waals surface area contributed by atoms with Gasteiger partial charge in [0.15, 0.2) is 11.5 Å². The summed E-state index contributed by atoms with van der Waals surface area (Å²) < 4.78 is 10.7. The van der Waals surface area contributed by atoms with Crippen LogP contribution in [0, 0.1) is 6.92 Å². The van der Waals surface area contributed by atoms with Crippen LogP contribution in [0.3, 0.4) is 0 Å². The number of nitrogens with zero attached hydrogens (tertiary/aromatic N) is 2. The molecule has 1 aliphatic heterocycles. The summed E-state index contributed by atoms with van der Waals surface area (Å²) in [6.07, 6.45) is 1.08. The van der Waals surface area contributed by atoms with Crippen molar-refractivity contribution in [1.29, 1.82) is 0 Å². The first-order valence-corrected chi connectivity index (χ1v) is 8.75. The molecule has 3 rings (SSSR count). The quantitative estimate of drug-likeness (QED) is 0.814. The lowest BCUT2D eigenvalue weighted by Crippen LogP contribution is -2.26. The zero-order chi connectivity index (χ0) is 18.7. The third-order valence-corrected chi connectivity index (χ3v) is 4.65. The molecule has 0 radical (unpaired) electrons. The molecule has 0 bridgehead atoms. The van der Waals surface area contributed by atoms with Crippen molar-refractivity contribution in [1.82, 2.24) is 5.01 Å². The summed E-state index contributed by atoms with van der Waals surface area (Å²) in [5, 5.41) is 6.25. The Morgan fingerprint density at radius 2 is 1.81 bits per heavy atom. The molecule has 0 aliphatic carbocycles. The fourth-order valence-corrected chi connectivity index (χ4v) is 3.14. The van der Waals surface area contributed by atoms with Gasteiger partial charge in [0.2, 0.25) is 5.91 Å². The Morgan fingerprint density at radius 1 is 1.12 bits per heavy atom. The van der Waals surface area contributed by atoms with Crippen LogP contribution in [0.2, 0.25) is 0 Å². The smallest absolute Gasteiger partial charge is 0.242 e. The first-order chi connectivity index (χ1) is 12.6. The van der Waals surface area contributed by atoms with Crippen molar-refractivity contribution in [3.05, 3.63) is 59.2 Å². The molecule has 26 heavy (non-hydrogen) atoms. The van der Waals surface area contributed by atoms with Gasteiger partial charge in [0, 0.05) is 12.8 Å². The second kappa shape index (κ2) is 7.60. The Kier molecular flexibility index (Phi) is 5.26. The molecule has 1 aliphatic rings. The molecule has 0 saturated heterocycles. The van der Waals surface area contributed by atoms with Crippen LogP contribution in [0.5, 0.6) is 11.5 Å². The van der Waals surface area contributed by atoms with E-state index in [4.69, 9.17) is 9.47 Å². The largest absolute Gasteiger partial charge is 0.493 e. The molecule has 0 fully saturated rings.